The molecule has 0 bridgehead atoms. The lowest BCUT2D eigenvalue weighted by Crippen LogP contribution is -1.53. The predicted octanol–water partition coefficient (Wildman–Crippen LogP) is 2.06. The van der Waals surface area contributed by atoms with Gasteiger partial charge in [-0.2, -0.15) is 0 Å². The zero-order valence-corrected chi connectivity index (χ0v) is 2.58. The average Bonchev–Trinajstić information content (AvgIpc) is 0.918. The van der Waals surface area contributed by atoms with Crippen LogP contribution >= 0.6 is 0 Å². The Kier molecular flexibility index (Phi) is 132. The Morgan fingerprint density at radius 1 is 1.00 bits per heavy atom. The molecule has 5 heavy (non-hydrogen) atoms. The second kappa shape index (κ2) is 33.7. The Bertz CT molecular complexity index is 3.61. The fourth-order valence-corrected chi connectivity index (χ4v) is 0. The molecule has 0 atom stereocenters. The smallest absolute Gasteiger partial charge is 0.0922 e. The van der Waals surface area contributed by atoms with Gasteiger partial charge in [-0.25, -0.2) is 0 Å². The van der Waals surface area contributed by atoms with Crippen LogP contribution in [0.4, 0.5) is 0 Å². The van der Waals surface area contributed by atoms with Gasteiger partial charge in [0.1, 0.15) is 7.28 Å². The van der Waals surface area contributed by atoms with Crippen molar-refractivity contribution in [3.8, 4) is 0 Å². The van der Waals surface area contributed by atoms with Gasteiger partial charge >= 0.3 is 0 Å². The van der Waals surface area contributed by atoms with Crippen molar-refractivity contribution in [2.24, 2.45) is 0 Å². The van der Waals surface area contributed by atoms with Gasteiger partial charge in [-0.05, 0) is 0 Å². The minimum absolute atomic E-state index is 0. The molecule has 0 saturated carbocycles. The lowest BCUT2D eigenvalue weighted by molar-refractivity contribution is 2.14. The predicted molar refractivity (Wildman–Crippen MR) is 30.9 cm³/mol. The molecule has 0 N–H and O–H groups in total. The topological polar surface area (TPSA) is 0 Å². The Balaban J connectivity index is -0.0000000200. The summed E-state index contributed by atoms with van der Waals surface area (Å²) < 4.78 is 0. The van der Waals surface area contributed by atoms with Gasteiger partial charge in [-0.1, -0.05) is 28.5 Å². The summed E-state index contributed by atoms with van der Waals surface area (Å²) in [7, 11) is 2.00. The van der Waals surface area contributed by atoms with Crippen molar-refractivity contribution in [2.75, 3.05) is 0 Å². The summed E-state index contributed by atoms with van der Waals surface area (Å²) in [6.45, 7) is 4.00. The van der Waals surface area contributed by atoms with Crippen molar-refractivity contribution >= 4 is 7.28 Å². The monoisotopic (exact) mass is 73.1 g/mol. The van der Waals surface area contributed by atoms with Crippen molar-refractivity contribution in [1.29, 1.82) is 0 Å². The molecule has 0 heterocycles. The van der Waals surface area contributed by atoms with Crippen LogP contribution in [-0.2, 0) is 0 Å². The molecule has 0 aliphatic carbocycles. The largest absolute Gasteiger partial charge is 0.102 e. The maximum Gasteiger partial charge on any atom is 0.102 e. The maximum absolute atomic E-state index is 2.00. The van der Waals surface area contributed by atoms with Gasteiger partial charge in [0.15, 0.2) is 0 Å². The van der Waals surface area contributed by atoms with E-state index in [0.717, 1.165) is 0 Å². The lowest BCUT2D eigenvalue weighted by atomic mass is 9.88. The van der Waals surface area contributed by atoms with Crippen LogP contribution in [0.25, 0.3) is 0 Å². The highest BCUT2D eigenvalue weighted by atomic mass is 12.9. The van der Waals surface area contributed by atoms with Crippen molar-refractivity contribution in [2.45, 2.75) is 28.5 Å². The van der Waals surface area contributed by atoms with E-state index >= 15 is 0 Å². The first kappa shape index (κ1) is 19.6. The van der Waals surface area contributed by atoms with E-state index < -0.39 is 0 Å². The van der Waals surface area contributed by atoms with Crippen LogP contribution in [0.3, 0.4) is 0 Å². The molecule has 0 saturated heterocycles. The summed E-state index contributed by atoms with van der Waals surface area (Å²) in [5.41, 5.74) is 0. The van der Waals surface area contributed by atoms with Gasteiger partial charge in [-0.3, -0.25) is 0 Å². The summed E-state index contributed by atoms with van der Waals surface area (Å²) in [5, 5.41) is 0. The molecular formula is C4H14B. The first-order valence-corrected chi connectivity index (χ1v) is 1.15. The first-order chi connectivity index (χ1) is 1.41. The van der Waals surface area contributed by atoms with Crippen LogP contribution in [0.15, 0.2) is 0 Å². The van der Waals surface area contributed by atoms with Crippen LogP contribution in [0.1, 0.15) is 14.9 Å². The van der Waals surface area contributed by atoms with Gasteiger partial charge in [-0.15, -0.1) is 0 Å². The second-order valence-corrected chi connectivity index (χ2v) is 0.577. The van der Waals surface area contributed by atoms with Crippen LogP contribution < -0.4 is 0 Å². The minimum Gasteiger partial charge on any atom is -0.0922 e. The molecule has 33 valence electrons. The van der Waals surface area contributed by atoms with E-state index in [-0.39, 0.29) is 14.9 Å². The number of rotatable bonds is 0. The minimum atomic E-state index is 0. The SMILES string of the molecule is C.C.C[B]C. The van der Waals surface area contributed by atoms with Crippen molar-refractivity contribution in [1.82, 2.24) is 0 Å². The molecule has 0 rings (SSSR count). The van der Waals surface area contributed by atoms with Gasteiger partial charge in [0.25, 0.3) is 0 Å². The molecule has 0 aromatic carbocycles. The first-order valence-electron chi connectivity index (χ1n) is 1.15. The molecular weight excluding hydrogens is 58.9 g/mol. The van der Waals surface area contributed by atoms with Crippen molar-refractivity contribution < 1.29 is 0 Å². The highest BCUT2D eigenvalue weighted by Gasteiger charge is 1.42. The molecule has 0 unspecified atom stereocenters. The standard InChI is InChI=1S/C2H6B.2CH4/c1-3-2;;/h1-2H3;2*1H4. The summed E-state index contributed by atoms with van der Waals surface area (Å²) in [4.78, 5) is 0. The quantitative estimate of drug-likeness (QED) is 0.385. The van der Waals surface area contributed by atoms with Gasteiger partial charge < -0.3 is 0 Å². The van der Waals surface area contributed by atoms with Crippen LogP contribution in [0.5, 0.6) is 0 Å². The fourth-order valence-electron chi connectivity index (χ4n) is 0. The molecule has 0 aliphatic heterocycles. The molecule has 0 amide bonds. The molecule has 1 heteroatoms. The molecule has 0 fully saturated rings. The zero-order chi connectivity index (χ0) is 2.71. The molecule has 0 aliphatic rings. The Morgan fingerprint density at radius 3 is 1.00 bits per heavy atom. The maximum atomic E-state index is 2.00. The van der Waals surface area contributed by atoms with E-state index in [1.165, 1.54) is 0 Å². The van der Waals surface area contributed by atoms with Crippen LogP contribution in [0.2, 0.25) is 13.6 Å². The highest BCUT2D eigenvalue weighted by Crippen LogP contribution is 1.36. The summed E-state index contributed by atoms with van der Waals surface area (Å²) in [6, 6.07) is 0. The summed E-state index contributed by atoms with van der Waals surface area (Å²) in [5.74, 6) is 0. The van der Waals surface area contributed by atoms with Crippen LogP contribution in [-0.4, -0.2) is 7.28 Å². The van der Waals surface area contributed by atoms with E-state index in [9.17, 15) is 0 Å². The van der Waals surface area contributed by atoms with Gasteiger partial charge in [0, 0.05) is 0 Å². The third kappa shape index (κ3) is 4110. The van der Waals surface area contributed by atoms with Gasteiger partial charge in [0.05, 0.1) is 0 Å². The van der Waals surface area contributed by atoms with E-state index in [2.05, 4.69) is 0 Å². The molecule has 1 radical (unpaired) electrons. The van der Waals surface area contributed by atoms with Gasteiger partial charge in [0.2, 0.25) is 0 Å². The summed E-state index contributed by atoms with van der Waals surface area (Å²) in [6.07, 6.45) is 0. The van der Waals surface area contributed by atoms with E-state index in [0.29, 0.717) is 0 Å². The normalized spacial score (nSPS) is 2.80. The van der Waals surface area contributed by atoms with Crippen molar-refractivity contribution in [3.05, 3.63) is 0 Å². The third-order valence-corrected chi connectivity index (χ3v) is 0. The number of hydrogen-bond acceptors (Lipinski definition) is 0. The van der Waals surface area contributed by atoms with Crippen molar-refractivity contribution in [3.63, 3.8) is 0 Å². The fraction of sp³-hybridized carbons (Fsp3) is 1.00. The molecule has 0 nitrogen and oxygen atoms in total. The molecule has 0 spiro atoms. The zero-order valence-electron chi connectivity index (χ0n) is 2.58. The Morgan fingerprint density at radius 2 is 1.00 bits per heavy atom. The third-order valence-electron chi connectivity index (χ3n) is 0. The highest BCUT2D eigenvalue weighted by molar-refractivity contribution is 6.31. The Hall–Kier alpha value is 0.0649. The Labute approximate surface area is 36.8 Å². The van der Waals surface area contributed by atoms with Crippen LogP contribution in [0, 0.1) is 0 Å². The second-order valence-electron chi connectivity index (χ2n) is 0.577. The number of hydrogen-bond donors (Lipinski definition) is 0. The summed E-state index contributed by atoms with van der Waals surface area (Å²) >= 11 is 0. The molecule has 0 aromatic rings. The van der Waals surface area contributed by atoms with E-state index in [1.54, 1.807) is 0 Å². The van der Waals surface area contributed by atoms with E-state index in [4.69, 9.17) is 0 Å². The van der Waals surface area contributed by atoms with E-state index in [1.807, 2.05) is 20.9 Å². The molecule has 0 aromatic heterocycles. The lowest BCUT2D eigenvalue weighted by Gasteiger charge is -1.41. The average molecular weight is 73.0 g/mol.